The molecule has 3 nitrogen and oxygen atoms in total. The molecule has 0 radical (unpaired) electrons. The fourth-order valence-electron chi connectivity index (χ4n) is 2.23. The first-order chi connectivity index (χ1) is 8.29. The van der Waals surface area contributed by atoms with E-state index in [2.05, 4.69) is 0 Å². The SMILES string of the molecule is NCc1cccc(C(=O)OC2CCCCC2)c1. The van der Waals surface area contributed by atoms with Crippen molar-refractivity contribution in [3.63, 3.8) is 0 Å². The van der Waals surface area contributed by atoms with Crippen LogP contribution >= 0.6 is 0 Å². The fraction of sp³-hybridized carbons (Fsp3) is 0.500. The zero-order valence-electron chi connectivity index (χ0n) is 10.0. The molecule has 17 heavy (non-hydrogen) atoms. The molecule has 1 aliphatic rings. The Morgan fingerprint density at radius 1 is 1.29 bits per heavy atom. The van der Waals surface area contributed by atoms with Crippen molar-refractivity contribution in [2.45, 2.75) is 44.8 Å². The van der Waals surface area contributed by atoms with Crippen LogP contribution in [-0.2, 0) is 11.3 Å². The van der Waals surface area contributed by atoms with Crippen molar-refractivity contribution in [2.24, 2.45) is 5.73 Å². The van der Waals surface area contributed by atoms with Crippen LogP contribution in [-0.4, -0.2) is 12.1 Å². The Balaban J connectivity index is 1.98. The minimum Gasteiger partial charge on any atom is -0.459 e. The van der Waals surface area contributed by atoms with Gasteiger partial charge in [-0.2, -0.15) is 0 Å². The molecular weight excluding hydrogens is 214 g/mol. The van der Waals surface area contributed by atoms with E-state index >= 15 is 0 Å². The van der Waals surface area contributed by atoms with Crippen LogP contribution in [0.2, 0.25) is 0 Å². The van der Waals surface area contributed by atoms with E-state index in [-0.39, 0.29) is 12.1 Å². The first-order valence-electron chi connectivity index (χ1n) is 6.29. The first-order valence-corrected chi connectivity index (χ1v) is 6.29. The molecule has 0 amide bonds. The molecule has 1 saturated carbocycles. The molecule has 0 aromatic heterocycles. The third-order valence-corrected chi connectivity index (χ3v) is 3.22. The fourth-order valence-corrected chi connectivity index (χ4v) is 2.23. The summed E-state index contributed by atoms with van der Waals surface area (Å²) < 4.78 is 5.50. The minimum atomic E-state index is -0.216. The van der Waals surface area contributed by atoms with Gasteiger partial charge in [0, 0.05) is 6.54 Å². The monoisotopic (exact) mass is 233 g/mol. The number of esters is 1. The highest BCUT2D eigenvalue weighted by Crippen LogP contribution is 2.21. The van der Waals surface area contributed by atoms with Crippen molar-refractivity contribution in [2.75, 3.05) is 0 Å². The topological polar surface area (TPSA) is 52.3 Å². The molecule has 0 bridgehead atoms. The lowest BCUT2D eigenvalue weighted by molar-refractivity contribution is 0.0211. The highest BCUT2D eigenvalue weighted by Gasteiger charge is 2.18. The van der Waals surface area contributed by atoms with Gasteiger partial charge in [0.25, 0.3) is 0 Å². The van der Waals surface area contributed by atoms with Crippen LogP contribution in [0.25, 0.3) is 0 Å². The number of rotatable bonds is 3. The quantitative estimate of drug-likeness (QED) is 0.816. The van der Waals surface area contributed by atoms with Crippen molar-refractivity contribution >= 4 is 5.97 Å². The third-order valence-electron chi connectivity index (χ3n) is 3.22. The molecule has 0 aliphatic heterocycles. The Bertz CT molecular complexity index is 384. The maximum absolute atomic E-state index is 11.9. The summed E-state index contributed by atoms with van der Waals surface area (Å²) in [5.74, 6) is -0.216. The van der Waals surface area contributed by atoms with Crippen LogP contribution in [0.4, 0.5) is 0 Å². The average Bonchev–Trinajstić information content (AvgIpc) is 2.40. The summed E-state index contributed by atoms with van der Waals surface area (Å²) in [6, 6.07) is 7.35. The standard InChI is InChI=1S/C14H19NO2/c15-10-11-5-4-6-12(9-11)14(16)17-13-7-2-1-3-8-13/h4-6,9,13H,1-3,7-8,10,15H2. The summed E-state index contributed by atoms with van der Waals surface area (Å²) in [5.41, 5.74) is 7.12. The molecule has 1 aliphatic carbocycles. The number of hydrogen-bond acceptors (Lipinski definition) is 3. The van der Waals surface area contributed by atoms with Gasteiger partial charge >= 0.3 is 5.97 Å². The molecule has 2 rings (SSSR count). The molecule has 0 unspecified atom stereocenters. The van der Waals surface area contributed by atoms with Crippen molar-refractivity contribution < 1.29 is 9.53 Å². The van der Waals surface area contributed by atoms with Gasteiger partial charge in [-0.3, -0.25) is 0 Å². The number of ether oxygens (including phenoxy) is 1. The van der Waals surface area contributed by atoms with Crippen molar-refractivity contribution in [1.82, 2.24) is 0 Å². The van der Waals surface area contributed by atoms with Gasteiger partial charge in [-0.15, -0.1) is 0 Å². The molecule has 0 heterocycles. The van der Waals surface area contributed by atoms with Gasteiger partial charge in [-0.05, 0) is 43.4 Å². The first kappa shape index (κ1) is 12.1. The van der Waals surface area contributed by atoms with Crippen LogP contribution < -0.4 is 5.73 Å². The normalized spacial score (nSPS) is 16.8. The predicted molar refractivity (Wildman–Crippen MR) is 66.6 cm³/mol. The highest BCUT2D eigenvalue weighted by molar-refractivity contribution is 5.89. The summed E-state index contributed by atoms with van der Waals surface area (Å²) in [6.45, 7) is 0.449. The summed E-state index contributed by atoms with van der Waals surface area (Å²) in [5, 5.41) is 0. The lowest BCUT2D eigenvalue weighted by atomic mass is 9.98. The molecule has 1 fully saturated rings. The van der Waals surface area contributed by atoms with Gasteiger partial charge in [-0.1, -0.05) is 18.6 Å². The van der Waals surface area contributed by atoms with Crippen LogP contribution in [0.15, 0.2) is 24.3 Å². The molecule has 1 aromatic carbocycles. The third kappa shape index (κ3) is 3.30. The summed E-state index contributed by atoms with van der Waals surface area (Å²) in [6.07, 6.45) is 5.71. The van der Waals surface area contributed by atoms with Crippen molar-refractivity contribution in [1.29, 1.82) is 0 Å². The minimum absolute atomic E-state index is 0.109. The van der Waals surface area contributed by atoms with Crippen LogP contribution in [0.5, 0.6) is 0 Å². The zero-order chi connectivity index (χ0) is 12.1. The number of carbonyl (C=O) groups excluding carboxylic acids is 1. The van der Waals surface area contributed by atoms with E-state index in [1.807, 2.05) is 18.2 Å². The molecule has 92 valence electrons. The number of carbonyl (C=O) groups is 1. The maximum atomic E-state index is 11.9. The molecule has 0 spiro atoms. The summed E-state index contributed by atoms with van der Waals surface area (Å²) in [4.78, 5) is 11.9. The van der Waals surface area contributed by atoms with Crippen molar-refractivity contribution in [3.8, 4) is 0 Å². The van der Waals surface area contributed by atoms with E-state index in [1.54, 1.807) is 6.07 Å². The number of hydrogen-bond donors (Lipinski definition) is 1. The molecule has 0 saturated heterocycles. The summed E-state index contributed by atoms with van der Waals surface area (Å²) >= 11 is 0. The van der Waals surface area contributed by atoms with Gasteiger partial charge in [0.2, 0.25) is 0 Å². The highest BCUT2D eigenvalue weighted by atomic mass is 16.5. The van der Waals surface area contributed by atoms with E-state index in [1.165, 1.54) is 19.3 Å². The van der Waals surface area contributed by atoms with Crippen LogP contribution in [0, 0.1) is 0 Å². The Hall–Kier alpha value is -1.35. The van der Waals surface area contributed by atoms with Crippen LogP contribution in [0.3, 0.4) is 0 Å². The van der Waals surface area contributed by atoms with Gasteiger partial charge in [-0.25, -0.2) is 4.79 Å². The molecule has 0 atom stereocenters. The van der Waals surface area contributed by atoms with Gasteiger partial charge < -0.3 is 10.5 Å². The largest absolute Gasteiger partial charge is 0.459 e. The Morgan fingerprint density at radius 2 is 2.06 bits per heavy atom. The van der Waals surface area contributed by atoms with Crippen molar-refractivity contribution in [3.05, 3.63) is 35.4 Å². The zero-order valence-corrected chi connectivity index (χ0v) is 10.0. The molecule has 1 aromatic rings. The maximum Gasteiger partial charge on any atom is 0.338 e. The van der Waals surface area contributed by atoms with E-state index in [9.17, 15) is 4.79 Å². The average molecular weight is 233 g/mol. The second kappa shape index (κ2) is 5.82. The van der Waals surface area contributed by atoms with E-state index < -0.39 is 0 Å². The van der Waals surface area contributed by atoms with E-state index in [4.69, 9.17) is 10.5 Å². The molecule has 2 N–H and O–H groups in total. The Morgan fingerprint density at radius 3 is 2.76 bits per heavy atom. The molecular formula is C14H19NO2. The number of benzene rings is 1. The molecule has 3 heteroatoms. The van der Waals surface area contributed by atoms with E-state index in [0.29, 0.717) is 12.1 Å². The second-order valence-electron chi connectivity index (χ2n) is 4.57. The van der Waals surface area contributed by atoms with Gasteiger partial charge in [0.05, 0.1) is 5.56 Å². The van der Waals surface area contributed by atoms with E-state index in [0.717, 1.165) is 18.4 Å². The predicted octanol–water partition coefficient (Wildman–Crippen LogP) is 2.63. The summed E-state index contributed by atoms with van der Waals surface area (Å²) in [7, 11) is 0. The second-order valence-corrected chi connectivity index (χ2v) is 4.57. The van der Waals surface area contributed by atoms with Crippen LogP contribution in [0.1, 0.15) is 48.0 Å². The lowest BCUT2D eigenvalue weighted by Gasteiger charge is -2.21. The Kier molecular flexibility index (Phi) is 4.15. The van der Waals surface area contributed by atoms with Gasteiger partial charge in [0.1, 0.15) is 6.10 Å². The number of nitrogens with two attached hydrogens (primary N) is 1. The smallest absolute Gasteiger partial charge is 0.338 e. The van der Waals surface area contributed by atoms with Gasteiger partial charge in [0.15, 0.2) is 0 Å². The Labute approximate surface area is 102 Å². The lowest BCUT2D eigenvalue weighted by Crippen LogP contribution is -2.21.